The molecule has 0 saturated heterocycles. The van der Waals surface area contributed by atoms with Crippen molar-refractivity contribution in [3.8, 4) is 0 Å². The predicted molar refractivity (Wildman–Crippen MR) is 81.2 cm³/mol. The molecule has 0 spiro atoms. The summed E-state index contributed by atoms with van der Waals surface area (Å²) in [6.45, 7) is 6.19. The van der Waals surface area contributed by atoms with E-state index in [1.807, 2.05) is 20.8 Å². The number of furan rings is 1. The molecule has 7 heteroatoms. The maximum atomic E-state index is 12.0. The quantitative estimate of drug-likeness (QED) is 0.742. The molecule has 0 aliphatic rings. The number of hydrogen-bond acceptors (Lipinski definition) is 4. The minimum atomic E-state index is -0.363. The lowest BCUT2D eigenvalue weighted by Crippen LogP contribution is -2.43. The average Bonchev–Trinajstić information content (AvgIpc) is 2.97. The molecule has 1 rings (SSSR count). The number of likely N-dealkylation sites (N-methyl/N-ethyl adjacent to an activating group) is 1. The molecular weight excluding hydrogens is 286 g/mol. The average molecular weight is 309 g/mol. The Hall–Kier alpha value is -2.31. The van der Waals surface area contributed by atoms with Crippen LogP contribution in [0.2, 0.25) is 0 Å². The number of hydrogen-bond donors (Lipinski definition) is 2. The second-order valence-corrected chi connectivity index (χ2v) is 5.11. The minimum Gasteiger partial charge on any atom is -0.459 e. The summed E-state index contributed by atoms with van der Waals surface area (Å²) in [5.74, 6) is -0.527. The molecule has 1 aromatic rings. The Labute approximate surface area is 130 Å². The van der Waals surface area contributed by atoms with Gasteiger partial charge in [-0.2, -0.15) is 0 Å². The Morgan fingerprint density at radius 1 is 1.32 bits per heavy atom. The number of nitrogens with zero attached hydrogens (tertiary/aromatic N) is 1. The molecule has 7 nitrogen and oxygen atoms in total. The maximum absolute atomic E-state index is 12.0. The van der Waals surface area contributed by atoms with E-state index in [1.165, 1.54) is 11.2 Å². The van der Waals surface area contributed by atoms with Gasteiger partial charge in [-0.15, -0.1) is 0 Å². The van der Waals surface area contributed by atoms with Crippen molar-refractivity contribution in [2.24, 2.45) is 0 Å². The van der Waals surface area contributed by atoms with Crippen molar-refractivity contribution in [2.75, 3.05) is 19.6 Å². The van der Waals surface area contributed by atoms with Crippen molar-refractivity contribution in [3.63, 3.8) is 0 Å². The second kappa shape index (κ2) is 8.86. The molecule has 22 heavy (non-hydrogen) atoms. The zero-order valence-electron chi connectivity index (χ0n) is 13.2. The predicted octanol–water partition coefficient (Wildman–Crippen LogP) is 0.773. The third-order valence-corrected chi connectivity index (χ3v) is 2.89. The largest absolute Gasteiger partial charge is 0.459 e. The number of carbonyl (C=O) groups excluding carboxylic acids is 3. The lowest BCUT2D eigenvalue weighted by atomic mass is 10.3. The first-order valence-electron chi connectivity index (χ1n) is 7.32. The van der Waals surface area contributed by atoms with Gasteiger partial charge in [-0.3, -0.25) is 14.4 Å². The summed E-state index contributed by atoms with van der Waals surface area (Å²) in [5, 5.41) is 5.34. The van der Waals surface area contributed by atoms with E-state index in [9.17, 15) is 14.4 Å². The Kier molecular flexibility index (Phi) is 7.15. The van der Waals surface area contributed by atoms with E-state index in [2.05, 4.69) is 10.6 Å². The molecule has 1 aromatic heterocycles. The Morgan fingerprint density at radius 2 is 2.05 bits per heavy atom. The summed E-state index contributed by atoms with van der Waals surface area (Å²) in [7, 11) is 0. The molecule has 3 amide bonds. The first-order chi connectivity index (χ1) is 10.4. The number of amides is 3. The van der Waals surface area contributed by atoms with Crippen LogP contribution < -0.4 is 10.6 Å². The highest BCUT2D eigenvalue weighted by molar-refractivity contribution is 5.91. The van der Waals surface area contributed by atoms with Gasteiger partial charge in [-0.05, 0) is 32.9 Å². The van der Waals surface area contributed by atoms with Gasteiger partial charge in [0.25, 0.3) is 5.91 Å². The number of nitrogens with one attached hydrogen (secondary N) is 2. The van der Waals surface area contributed by atoms with Gasteiger partial charge in [-0.1, -0.05) is 0 Å². The topological polar surface area (TPSA) is 91.7 Å². The van der Waals surface area contributed by atoms with Gasteiger partial charge in [0.15, 0.2) is 5.76 Å². The minimum absolute atomic E-state index is 0.0274. The van der Waals surface area contributed by atoms with Crippen molar-refractivity contribution in [1.29, 1.82) is 0 Å². The summed E-state index contributed by atoms with van der Waals surface area (Å²) in [6.07, 6.45) is 1.54. The third kappa shape index (κ3) is 5.99. The lowest BCUT2D eigenvalue weighted by Gasteiger charge is -2.21. The van der Waals surface area contributed by atoms with Crippen LogP contribution in [-0.2, 0) is 9.59 Å². The van der Waals surface area contributed by atoms with Crippen LogP contribution in [0, 0.1) is 0 Å². The van der Waals surface area contributed by atoms with Crippen LogP contribution in [0.25, 0.3) is 0 Å². The van der Waals surface area contributed by atoms with E-state index in [-0.39, 0.29) is 49.0 Å². The smallest absolute Gasteiger partial charge is 0.286 e. The fraction of sp³-hybridized carbons (Fsp3) is 0.533. The zero-order chi connectivity index (χ0) is 16.5. The highest BCUT2D eigenvalue weighted by atomic mass is 16.3. The number of carbonyl (C=O) groups is 3. The standard InChI is InChI=1S/C15H23N3O4/c1-4-18(10-13(19)17-11(2)3)14(20)7-8-16-15(21)12-6-5-9-22-12/h5-6,9,11H,4,7-8,10H2,1-3H3,(H,16,21)(H,17,19). The second-order valence-electron chi connectivity index (χ2n) is 5.11. The van der Waals surface area contributed by atoms with Gasteiger partial charge in [-0.25, -0.2) is 0 Å². The van der Waals surface area contributed by atoms with Crippen molar-refractivity contribution >= 4 is 17.7 Å². The van der Waals surface area contributed by atoms with Gasteiger partial charge in [0.1, 0.15) is 0 Å². The summed E-state index contributed by atoms with van der Waals surface area (Å²) >= 11 is 0. The summed E-state index contributed by atoms with van der Waals surface area (Å²) in [5.41, 5.74) is 0. The highest BCUT2D eigenvalue weighted by Crippen LogP contribution is 1.99. The van der Waals surface area contributed by atoms with E-state index in [4.69, 9.17) is 4.42 Å². The summed E-state index contributed by atoms with van der Waals surface area (Å²) in [4.78, 5) is 36.8. The first kappa shape index (κ1) is 17.7. The molecule has 0 atom stereocenters. The molecule has 0 saturated carbocycles. The summed E-state index contributed by atoms with van der Waals surface area (Å²) < 4.78 is 4.95. The fourth-order valence-electron chi connectivity index (χ4n) is 1.85. The molecule has 1 heterocycles. The van der Waals surface area contributed by atoms with Crippen molar-refractivity contribution in [3.05, 3.63) is 24.2 Å². The molecule has 0 aliphatic carbocycles. The van der Waals surface area contributed by atoms with E-state index in [0.29, 0.717) is 6.54 Å². The molecule has 0 unspecified atom stereocenters. The van der Waals surface area contributed by atoms with E-state index >= 15 is 0 Å². The van der Waals surface area contributed by atoms with Crippen LogP contribution in [0.1, 0.15) is 37.7 Å². The molecule has 0 radical (unpaired) electrons. The van der Waals surface area contributed by atoms with Crippen LogP contribution in [0.3, 0.4) is 0 Å². The zero-order valence-corrected chi connectivity index (χ0v) is 13.2. The molecular formula is C15H23N3O4. The molecule has 0 aliphatic heterocycles. The van der Waals surface area contributed by atoms with Gasteiger partial charge in [0.05, 0.1) is 12.8 Å². The van der Waals surface area contributed by atoms with Crippen LogP contribution in [0.5, 0.6) is 0 Å². The van der Waals surface area contributed by atoms with E-state index in [0.717, 1.165) is 0 Å². The lowest BCUT2D eigenvalue weighted by molar-refractivity contribution is -0.135. The van der Waals surface area contributed by atoms with Crippen LogP contribution in [-0.4, -0.2) is 48.3 Å². The summed E-state index contributed by atoms with van der Waals surface area (Å²) in [6, 6.07) is 3.20. The molecule has 0 bridgehead atoms. The first-order valence-corrected chi connectivity index (χ1v) is 7.32. The van der Waals surface area contributed by atoms with Gasteiger partial charge in [0.2, 0.25) is 11.8 Å². The fourth-order valence-corrected chi connectivity index (χ4v) is 1.85. The van der Waals surface area contributed by atoms with Crippen LogP contribution in [0.15, 0.2) is 22.8 Å². The Bertz CT molecular complexity index is 497. The highest BCUT2D eigenvalue weighted by Gasteiger charge is 2.16. The normalized spacial score (nSPS) is 10.4. The monoisotopic (exact) mass is 309 g/mol. The molecule has 0 fully saturated rings. The molecule has 0 aromatic carbocycles. The van der Waals surface area contributed by atoms with Crippen LogP contribution in [0.4, 0.5) is 0 Å². The number of rotatable bonds is 8. The Morgan fingerprint density at radius 3 is 2.59 bits per heavy atom. The van der Waals surface area contributed by atoms with Gasteiger partial charge < -0.3 is 20.0 Å². The van der Waals surface area contributed by atoms with Crippen molar-refractivity contribution in [1.82, 2.24) is 15.5 Å². The van der Waals surface area contributed by atoms with Gasteiger partial charge >= 0.3 is 0 Å². The SMILES string of the molecule is CCN(CC(=O)NC(C)C)C(=O)CCNC(=O)c1ccco1. The third-order valence-electron chi connectivity index (χ3n) is 2.89. The van der Waals surface area contributed by atoms with Crippen LogP contribution >= 0.6 is 0 Å². The van der Waals surface area contributed by atoms with Crippen molar-refractivity contribution in [2.45, 2.75) is 33.2 Å². The Balaban J connectivity index is 2.35. The van der Waals surface area contributed by atoms with Gasteiger partial charge in [0, 0.05) is 25.6 Å². The van der Waals surface area contributed by atoms with E-state index in [1.54, 1.807) is 12.1 Å². The molecule has 2 N–H and O–H groups in total. The van der Waals surface area contributed by atoms with Crippen molar-refractivity contribution < 1.29 is 18.8 Å². The van der Waals surface area contributed by atoms with E-state index < -0.39 is 0 Å². The molecule has 122 valence electrons. The maximum Gasteiger partial charge on any atom is 0.286 e.